The molecule has 3 aromatic carbocycles. The van der Waals surface area contributed by atoms with Crippen LogP contribution in [0.1, 0.15) is 69.1 Å². The minimum Gasteiger partial charge on any atom is -0.345 e. The molecule has 0 saturated heterocycles. The zero-order valence-electron chi connectivity index (χ0n) is 18.8. The first-order valence-electron chi connectivity index (χ1n) is 11.4. The Labute approximate surface area is 194 Å². The summed E-state index contributed by atoms with van der Waals surface area (Å²) in [6, 6.07) is 24.9. The molecule has 1 aliphatic heterocycles. The normalized spacial score (nSPS) is 13.7. The molecule has 0 bridgehead atoms. The van der Waals surface area contributed by atoms with Gasteiger partial charge < -0.3 is 5.32 Å². The summed E-state index contributed by atoms with van der Waals surface area (Å²) in [6.45, 7) is 2.42. The Morgan fingerprint density at radius 2 is 1.33 bits per heavy atom. The minimum absolute atomic E-state index is 0.00911. The summed E-state index contributed by atoms with van der Waals surface area (Å²) in [5.41, 5.74) is 4.22. The van der Waals surface area contributed by atoms with Crippen molar-refractivity contribution in [2.45, 2.75) is 38.6 Å². The van der Waals surface area contributed by atoms with Gasteiger partial charge in [0.2, 0.25) is 5.91 Å². The number of benzene rings is 3. The van der Waals surface area contributed by atoms with Crippen LogP contribution in [0.4, 0.5) is 0 Å². The molecule has 3 aromatic rings. The molecule has 1 atom stereocenters. The first-order valence-corrected chi connectivity index (χ1v) is 11.4. The van der Waals surface area contributed by atoms with Gasteiger partial charge in [0.15, 0.2) is 0 Å². The number of hydrogen-bond acceptors (Lipinski definition) is 3. The van der Waals surface area contributed by atoms with Crippen molar-refractivity contribution in [3.63, 3.8) is 0 Å². The van der Waals surface area contributed by atoms with E-state index in [4.69, 9.17) is 0 Å². The molecule has 33 heavy (non-hydrogen) atoms. The average Bonchev–Trinajstić information content (AvgIpc) is 3.08. The van der Waals surface area contributed by atoms with Crippen LogP contribution in [-0.2, 0) is 4.79 Å². The summed E-state index contributed by atoms with van der Waals surface area (Å²) in [4.78, 5) is 38.9. The van der Waals surface area contributed by atoms with Crippen molar-refractivity contribution < 1.29 is 14.4 Å². The van der Waals surface area contributed by atoms with E-state index in [1.165, 1.54) is 10.5 Å². The lowest BCUT2D eigenvalue weighted by Gasteiger charge is -2.20. The second-order valence-corrected chi connectivity index (χ2v) is 8.44. The summed E-state index contributed by atoms with van der Waals surface area (Å²) in [5.74, 6) is -0.459. The number of rotatable bonds is 9. The maximum atomic E-state index is 12.7. The highest BCUT2D eigenvalue weighted by Crippen LogP contribution is 2.24. The molecular weight excluding hydrogens is 412 g/mol. The molecule has 0 radical (unpaired) electrons. The predicted molar refractivity (Wildman–Crippen MR) is 128 cm³/mol. The van der Waals surface area contributed by atoms with E-state index in [1.54, 1.807) is 24.3 Å². The molecule has 168 valence electrons. The van der Waals surface area contributed by atoms with Crippen molar-refractivity contribution >= 4 is 17.7 Å². The highest BCUT2D eigenvalue weighted by atomic mass is 16.2. The van der Waals surface area contributed by atoms with E-state index in [1.807, 2.05) is 37.3 Å². The van der Waals surface area contributed by atoms with Crippen molar-refractivity contribution in [1.82, 2.24) is 10.2 Å². The van der Waals surface area contributed by atoms with Crippen molar-refractivity contribution in [3.05, 3.63) is 107 Å². The van der Waals surface area contributed by atoms with Crippen LogP contribution in [0.5, 0.6) is 0 Å². The number of fused-ring (bicyclic) bond motifs is 1. The van der Waals surface area contributed by atoms with Crippen LogP contribution in [-0.4, -0.2) is 29.2 Å². The van der Waals surface area contributed by atoms with E-state index in [9.17, 15) is 14.4 Å². The van der Waals surface area contributed by atoms with E-state index in [0.717, 1.165) is 17.5 Å². The first kappa shape index (κ1) is 22.5. The number of unbranched alkanes of at least 4 members (excludes halogenated alkanes) is 2. The van der Waals surface area contributed by atoms with Crippen LogP contribution in [0.15, 0.2) is 78.9 Å². The molecular formula is C28H28N2O3. The molecule has 0 aliphatic carbocycles. The molecule has 1 heterocycles. The molecule has 0 aromatic heterocycles. The molecule has 0 fully saturated rings. The van der Waals surface area contributed by atoms with Gasteiger partial charge in [0, 0.05) is 13.0 Å². The molecule has 1 aliphatic rings. The van der Waals surface area contributed by atoms with Gasteiger partial charge in [-0.25, -0.2) is 0 Å². The average molecular weight is 441 g/mol. The fraction of sp³-hybridized carbons (Fsp3) is 0.250. The Balaban J connectivity index is 1.27. The van der Waals surface area contributed by atoms with E-state index < -0.39 is 0 Å². The van der Waals surface area contributed by atoms with E-state index >= 15 is 0 Å². The topological polar surface area (TPSA) is 66.5 Å². The molecule has 4 rings (SSSR count). The Bertz CT molecular complexity index is 1100. The number of hydrogen-bond donors (Lipinski definition) is 1. The van der Waals surface area contributed by atoms with Gasteiger partial charge in [-0.05, 0) is 43.0 Å². The minimum atomic E-state index is -0.225. The van der Waals surface area contributed by atoms with Crippen LogP contribution in [0.2, 0.25) is 0 Å². The monoisotopic (exact) mass is 440 g/mol. The number of nitrogens with zero attached hydrogens (tertiary/aromatic N) is 1. The van der Waals surface area contributed by atoms with Crippen molar-refractivity contribution in [3.8, 4) is 0 Å². The van der Waals surface area contributed by atoms with Crippen LogP contribution < -0.4 is 5.32 Å². The standard InChI is InChI=1S/C28H28N2O3/c1-20-15-17-22(18-16-20)26(21-10-4-2-5-11-21)29-25(31)14-6-3-9-19-30-27(32)23-12-7-8-13-24(23)28(30)33/h2,4-5,7-8,10-13,15-18,26H,3,6,9,14,19H2,1H3,(H,29,31)/t26-/m1/s1. The van der Waals surface area contributed by atoms with Gasteiger partial charge in [-0.2, -0.15) is 0 Å². The Hall–Kier alpha value is -3.73. The Morgan fingerprint density at radius 1 is 0.758 bits per heavy atom. The summed E-state index contributed by atoms with van der Waals surface area (Å²) in [6.07, 6.45) is 2.54. The van der Waals surface area contributed by atoms with Gasteiger partial charge in [-0.3, -0.25) is 19.3 Å². The van der Waals surface area contributed by atoms with Crippen molar-refractivity contribution in [2.24, 2.45) is 0 Å². The van der Waals surface area contributed by atoms with Crippen molar-refractivity contribution in [1.29, 1.82) is 0 Å². The maximum absolute atomic E-state index is 12.7. The van der Waals surface area contributed by atoms with Gasteiger partial charge in [0.25, 0.3) is 11.8 Å². The number of aryl methyl sites for hydroxylation is 1. The first-order chi connectivity index (χ1) is 16.0. The number of carbonyl (C=O) groups excluding carboxylic acids is 3. The lowest BCUT2D eigenvalue weighted by atomic mass is 9.97. The van der Waals surface area contributed by atoms with Gasteiger partial charge in [-0.15, -0.1) is 0 Å². The van der Waals surface area contributed by atoms with Crippen LogP contribution >= 0.6 is 0 Å². The third-order valence-electron chi connectivity index (χ3n) is 6.01. The maximum Gasteiger partial charge on any atom is 0.261 e. The van der Waals surface area contributed by atoms with Crippen LogP contribution in [0.25, 0.3) is 0 Å². The largest absolute Gasteiger partial charge is 0.345 e. The highest BCUT2D eigenvalue weighted by Gasteiger charge is 2.34. The number of imide groups is 1. The molecule has 0 saturated carbocycles. The number of amides is 3. The highest BCUT2D eigenvalue weighted by molar-refractivity contribution is 6.21. The Morgan fingerprint density at radius 3 is 1.97 bits per heavy atom. The summed E-state index contributed by atoms with van der Waals surface area (Å²) in [7, 11) is 0. The lowest BCUT2D eigenvalue weighted by molar-refractivity contribution is -0.121. The number of nitrogens with one attached hydrogen (secondary N) is 1. The van der Waals surface area contributed by atoms with Gasteiger partial charge in [-0.1, -0.05) is 78.7 Å². The van der Waals surface area contributed by atoms with E-state index in [-0.39, 0.29) is 23.8 Å². The third kappa shape index (κ3) is 5.20. The van der Waals surface area contributed by atoms with Gasteiger partial charge >= 0.3 is 0 Å². The smallest absolute Gasteiger partial charge is 0.261 e. The van der Waals surface area contributed by atoms with E-state index in [0.29, 0.717) is 36.9 Å². The van der Waals surface area contributed by atoms with Gasteiger partial charge in [0.1, 0.15) is 0 Å². The molecule has 1 N–H and O–H groups in total. The molecule has 0 unspecified atom stereocenters. The summed E-state index contributed by atoms with van der Waals surface area (Å²) in [5, 5.41) is 3.17. The second-order valence-electron chi connectivity index (χ2n) is 8.44. The quantitative estimate of drug-likeness (QED) is 0.374. The lowest BCUT2D eigenvalue weighted by Crippen LogP contribution is -2.31. The van der Waals surface area contributed by atoms with Crippen LogP contribution in [0, 0.1) is 6.92 Å². The fourth-order valence-corrected chi connectivity index (χ4v) is 4.17. The molecule has 5 nitrogen and oxygen atoms in total. The zero-order chi connectivity index (χ0) is 23.2. The zero-order valence-corrected chi connectivity index (χ0v) is 18.8. The molecule has 5 heteroatoms. The number of carbonyl (C=O) groups is 3. The SMILES string of the molecule is Cc1ccc([C@H](NC(=O)CCCCCN2C(=O)c3ccccc3C2=O)c2ccccc2)cc1. The van der Waals surface area contributed by atoms with Crippen molar-refractivity contribution in [2.75, 3.05) is 6.54 Å². The van der Waals surface area contributed by atoms with Crippen LogP contribution in [0.3, 0.4) is 0 Å². The fourth-order valence-electron chi connectivity index (χ4n) is 4.17. The van der Waals surface area contributed by atoms with Gasteiger partial charge in [0.05, 0.1) is 17.2 Å². The predicted octanol–water partition coefficient (Wildman–Crippen LogP) is 5.06. The van der Waals surface area contributed by atoms with E-state index in [2.05, 4.69) is 29.6 Å². The second kappa shape index (κ2) is 10.3. The summed E-state index contributed by atoms with van der Waals surface area (Å²) >= 11 is 0. The molecule has 0 spiro atoms. The summed E-state index contributed by atoms with van der Waals surface area (Å²) < 4.78 is 0. The Kier molecular flexibility index (Phi) is 6.98. The molecule has 3 amide bonds. The third-order valence-corrected chi connectivity index (χ3v) is 6.01.